The summed E-state index contributed by atoms with van der Waals surface area (Å²) in [5.74, 6) is 0.0870. The maximum atomic E-state index is 12.2. The summed E-state index contributed by atoms with van der Waals surface area (Å²) in [6.45, 7) is 6.34. The van der Waals surface area contributed by atoms with E-state index in [1.807, 2.05) is 18.7 Å². The first kappa shape index (κ1) is 22.1. The predicted octanol–water partition coefficient (Wildman–Crippen LogP) is 2.64. The number of ether oxygens (including phenoxy) is 2. The van der Waals surface area contributed by atoms with Gasteiger partial charge in [-0.15, -0.1) is 12.4 Å². The maximum Gasteiger partial charge on any atom is 0.306 e. The van der Waals surface area contributed by atoms with E-state index in [2.05, 4.69) is 5.32 Å². The molecule has 7 nitrogen and oxygen atoms in total. The fraction of sp³-hybridized carbons (Fsp3) is 0.556. The molecule has 8 heteroatoms. The van der Waals surface area contributed by atoms with Crippen LogP contribution in [0.15, 0.2) is 18.2 Å². The smallest absolute Gasteiger partial charge is 0.306 e. The Morgan fingerprint density at radius 3 is 2.35 bits per heavy atom. The van der Waals surface area contributed by atoms with Crippen molar-refractivity contribution in [2.45, 2.75) is 26.7 Å². The first-order chi connectivity index (χ1) is 12.0. The summed E-state index contributed by atoms with van der Waals surface area (Å²) in [7, 11) is 0. The molecule has 0 spiro atoms. The topological polar surface area (TPSA) is 88.1 Å². The van der Waals surface area contributed by atoms with E-state index in [1.165, 1.54) is 0 Å². The number of hydrogen-bond donors (Lipinski definition) is 2. The molecule has 2 N–H and O–H groups in total. The second-order valence-corrected chi connectivity index (χ2v) is 5.96. The molecule has 1 aliphatic rings. The number of piperidine rings is 1. The molecule has 0 aliphatic carbocycles. The highest BCUT2D eigenvalue weighted by atomic mass is 35.5. The highest BCUT2D eigenvalue weighted by Gasteiger charge is 2.25. The van der Waals surface area contributed by atoms with Crippen molar-refractivity contribution in [1.82, 2.24) is 4.90 Å². The van der Waals surface area contributed by atoms with Gasteiger partial charge in [0.2, 0.25) is 5.91 Å². The fourth-order valence-electron chi connectivity index (χ4n) is 2.87. The molecule has 1 heterocycles. The van der Waals surface area contributed by atoms with Gasteiger partial charge < -0.3 is 19.9 Å². The zero-order valence-electron chi connectivity index (χ0n) is 15.2. The van der Waals surface area contributed by atoms with Crippen molar-refractivity contribution in [1.29, 1.82) is 0 Å². The molecule has 0 radical (unpaired) electrons. The monoisotopic (exact) mass is 386 g/mol. The van der Waals surface area contributed by atoms with Crippen LogP contribution in [0.5, 0.6) is 11.5 Å². The Morgan fingerprint density at radius 2 is 1.77 bits per heavy atom. The lowest BCUT2D eigenvalue weighted by molar-refractivity contribution is -0.143. The van der Waals surface area contributed by atoms with Gasteiger partial charge in [0.1, 0.15) is 0 Å². The van der Waals surface area contributed by atoms with E-state index in [0.717, 1.165) is 0 Å². The summed E-state index contributed by atoms with van der Waals surface area (Å²) >= 11 is 0. The van der Waals surface area contributed by atoms with E-state index in [4.69, 9.17) is 14.6 Å². The van der Waals surface area contributed by atoms with Crippen molar-refractivity contribution in [3.05, 3.63) is 18.2 Å². The van der Waals surface area contributed by atoms with Gasteiger partial charge >= 0.3 is 5.97 Å². The molecular formula is C18H27ClN2O5. The van der Waals surface area contributed by atoms with E-state index >= 15 is 0 Å². The summed E-state index contributed by atoms with van der Waals surface area (Å²) in [5, 5.41) is 11.9. The molecule has 2 rings (SSSR count). The third-order valence-electron chi connectivity index (χ3n) is 4.13. The van der Waals surface area contributed by atoms with E-state index in [1.54, 1.807) is 18.2 Å². The SMILES string of the molecule is CCOc1ccc(NC(=O)CN2CCC(C(=O)O)CC2)cc1OCC.Cl. The molecule has 0 bridgehead atoms. The number of amides is 1. The van der Waals surface area contributed by atoms with Gasteiger partial charge in [0.05, 0.1) is 25.7 Å². The Hall–Kier alpha value is -1.99. The van der Waals surface area contributed by atoms with Crippen LogP contribution in [0.1, 0.15) is 26.7 Å². The van der Waals surface area contributed by atoms with Gasteiger partial charge in [0.15, 0.2) is 11.5 Å². The van der Waals surface area contributed by atoms with Gasteiger partial charge in [-0.05, 0) is 51.9 Å². The summed E-state index contributed by atoms with van der Waals surface area (Å²) in [5.41, 5.74) is 0.650. The van der Waals surface area contributed by atoms with Crippen LogP contribution in [0, 0.1) is 5.92 Å². The maximum absolute atomic E-state index is 12.2. The molecule has 1 saturated heterocycles. The summed E-state index contributed by atoms with van der Waals surface area (Å²) in [4.78, 5) is 25.2. The Balaban J connectivity index is 0.00000338. The van der Waals surface area contributed by atoms with Gasteiger partial charge in [-0.3, -0.25) is 14.5 Å². The Kier molecular flexibility index (Phi) is 9.23. The Labute approximate surface area is 160 Å². The van der Waals surface area contributed by atoms with Crippen LogP contribution in [0.25, 0.3) is 0 Å². The summed E-state index contributed by atoms with van der Waals surface area (Å²) in [6.07, 6.45) is 1.17. The number of aliphatic carboxylic acids is 1. The number of carbonyl (C=O) groups excluding carboxylic acids is 1. The number of anilines is 1. The number of benzene rings is 1. The minimum Gasteiger partial charge on any atom is -0.490 e. The van der Waals surface area contributed by atoms with Crippen LogP contribution in [0.2, 0.25) is 0 Å². The molecule has 0 saturated carbocycles. The molecular weight excluding hydrogens is 360 g/mol. The predicted molar refractivity (Wildman–Crippen MR) is 101 cm³/mol. The van der Waals surface area contributed by atoms with Gasteiger partial charge in [-0.2, -0.15) is 0 Å². The van der Waals surface area contributed by atoms with Gasteiger partial charge in [-0.25, -0.2) is 0 Å². The van der Waals surface area contributed by atoms with E-state index in [-0.39, 0.29) is 30.8 Å². The number of likely N-dealkylation sites (tertiary alicyclic amines) is 1. The molecule has 1 aromatic carbocycles. The third kappa shape index (κ3) is 6.38. The first-order valence-corrected chi connectivity index (χ1v) is 8.68. The number of nitrogens with one attached hydrogen (secondary N) is 1. The summed E-state index contributed by atoms with van der Waals surface area (Å²) in [6, 6.07) is 5.31. The standard InChI is InChI=1S/C18H26N2O5.ClH/c1-3-24-15-6-5-14(11-16(15)25-4-2)19-17(21)12-20-9-7-13(8-10-20)18(22)23;/h5-6,11,13H,3-4,7-10,12H2,1-2H3,(H,19,21)(H,22,23);1H. The van der Waals surface area contributed by atoms with Crippen molar-refractivity contribution in [2.24, 2.45) is 5.92 Å². The van der Waals surface area contributed by atoms with E-state index < -0.39 is 5.97 Å². The molecule has 26 heavy (non-hydrogen) atoms. The number of carboxylic acid groups (broad SMARTS) is 1. The number of halogens is 1. The number of rotatable bonds is 8. The van der Waals surface area contributed by atoms with Crippen LogP contribution >= 0.6 is 12.4 Å². The zero-order valence-corrected chi connectivity index (χ0v) is 16.0. The molecule has 146 valence electrons. The van der Waals surface area contributed by atoms with Crippen molar-refractivity contribution in [2.75, 3.05) is 38.2 Å². The lowest BCUT2D eigenvalue weighted by Gasteiger charge is -2.29. The van der Waals surface area contributed by atoms with Crippen molar-refractivity contribution in [3.63, 3.8) is 0 Å². The molecule has 1 fully saturated rings. The molecule has 0 atom stereocenters. The minimum atomic E-state index is -0.748. The van der Waals surface area contributed by atoms with Gasteiger partial charge in [0.25, 0.3) is 0 Å². The van der Waals surface area contributed by atoms with Crippen molar-refractivity contribution in [3.8, 4) is 11.5 Å². The number of hydrogen-bond acceptors (Lipinski definition) is 5. The minimum absolute atomic E-state index is 0. The third-order valence-corrected chi connectivity index (χ3v) is 4.13. The highest BCUT2D eigenvalue weighted by Crippen LogP contribution is 2.30. The molecule has 1 amide bonds. The van der Waals surface area contributed by atoms with E-state index in [9.17, 15) is 9.59 Å². The van der Waals surface area contributed by atoms with Crippen molar-refractivity contribution < 1.29 is 24.2 Å². The number of carbonyl (C=O) groups is 2. The molecule has 1 aliphatic heterocycles. The van der Waals surface area contributed by atoms with Crippen LogP contribution in [0.3, 0.4) is 0 Å². The van der Waals surface area contributed by atoms with Gasteiger partial charge in [0, 0.05) is 11.8 Å². The first-order valence-electron chi connectivity index (χ1n) is 8.68. The van der Waals surface area contributed by atoms with Crippen LogP contribution in [-0.4, -0.2) is 54.7 Å². The average Bonchev–Trinajstić information content (AvgIpc) is 2.58. The van der Waals surface area contributed by atoms with Crippen LogP contribution in [-0.2, 0) is 9.59 Å². The largest absolute Gasteiger partial charge is 0.490 e. The van der Waals surface area contributed by atoms with Gasteiger partial charge in [-0.1, -0.05) is 0 Å². The number of nitrogens with zero attached hydrogens (tertiary/aromatic N) is 1. The van der Waals surface area contributed by atoms with Crippen LogP contribution in [0.4, 0.5) is 5.69 Å². The zero-order chi connectivity index (χ0) is 18.2. The van der Waals surface area contributed by atoms with Crippen LogP contribution < -0.4 is 14.8 Å². The average molecular weight is 387 g/mol. The molecule has 0 aromatic heterocycles. The Morgan fingerprint density at radius 1 is 1.15 bits per heavy atom. The lowest BCUT2D eigenvalue weighted by atomic mass is 9.97. The fourth-order valence-corrected chi connectivity index (χ4v) is 2.87. The highest BCUT2D eigenvalue weighted by molar-refractivity contribution is 5.92. The molecule has 1 aromatic rings. The number of carboxylic acids is 1. The lowest BCUT2D eigenvalue weighted by Crippen LogP contribution is -2.40. The normalized spacial score (nSPS) is 15.0. The molecule has 0 unspecified atom stereocenters. The van der Waals surface area contributed by atoms with Crippen molar-refractivity contribution >= 4 is 30.0 Å². The summed E-state index contributed by atoms with van der Waals surface area (Å²) < 4.78 is 11.1. The second kappa shape index (κ2) is 10.9. The Bertz CT molecular complexity index is 603. The second-order valence-electron chi connectivity index (χ2n) is 5.96. The quantitative estimate of drug-likeness (QED) is 0.714. The van der Waals surface area contributed by atoms with E-state index in [0.29, 0.717) is 56.3 Å².